The fourth-order valence-electron chi connectivity index (χ4n) is 6.06. The van der Waals surface area contributed by atoms with E-state index in [1.165, 1.54) is 45.9 Å². The molecule has 0 saturated carbocycles. The lowest BCUT2D eigenvalue weighted by atomic mass is 9.86. The van der Waals surface area contributed by atoms with E-state index in [0.717, 1.165) is 63.4 Å². The van der Waals surface area contributed by atoms with Crippen LogP contribution in [-0.4, -0.2) is 86.0 Å². The Bertz CT molecular complexity index is 1120. The first-order valence-corrected chi connectivity index (χ1v) is 18.3. The molecule has 1 aliphatic heterocycles. The van der Waals surface area contributed by atoms with Gasteiger partial charge in [-0.2, -0.15) is 0 Å². The molecular formula is C38H62N2O9. The van der Waals surface area contributed by atoms with Crippen LogP contribution in [0.15, 0.2) is 36.4 Å². The number of aliphatic carboxylic acids is 1. The van der Waals surface area contributed by atoms with Crippen molar-refractivity contribution in [2.75, 3.05) is 40.6 Å². The van der Waals surface area contributed by atoms with Crippen molar-refractivity contribution < 1.29 is 43.5 Å². The fourth-order valence-corrected chi connectivity index (χ4v) is 6.06. The minimum atomic E-state index is -2.54. The minimum Gasteiger partial charge on any atom is -0.494 e. The fraction of sp³-hybridized carbons (Fsp3) is 0.711. The second-order valence-corrected chi connectivity index (χ2v) is 13.0. The normalized spacial score (nSPS) is 16.6. The second kappa shape index (κ2) is 23.4. The van der Waals surface area contributed by atoms with Gasteiger partial charge in [-0.1, -0.05) is 83.1 Å². The number of carboxylic acids is 1. The van der Waals surface area contributed by atoms with Crippen LogP contribution in [-0.2, 0) is 35.0 Å². The molecule has 0 radical (unpaired) electrons. The average molecular weight is 691 g/mol. The Morgan fingerprint density at radius 1 is 0.918 bits per heavy atom. The number of ether oxygens (including phenoxy) is 4. The number of nitrogens with one attached hydrogen (secondary N) is 2. The molecule has 2 rings (SSSR count). The van der Waals surface area contributed by atoms with Crippen molar-refractivity contribution in [1.29, 1.82) is 0 Å². The maximum atomic E-state index is 13.6. The molecule has 0 bridgehead atoms. The zero-order chi connectivity index (χ0) is 36.0. The predicted octanol–water partition coefficient (Wildman–Crippen LogP) is 5.72. The Morgan fingerprint density at radius 3 is 2.10 bits per heavy atom. The number of allylic oxidation sites excluding steroid dienone is 1. The van der Waals surface area contributed by atoms with Crippen molar-refractivity contribution in [2.45, 2.75) is 128 Å². The second-order valence-electron chi connectivity index (χ2n) is 13.0. The highest BCUT2D eigenvalue weighted by Crippen LogP contribution is 2.32. The smallest absolute Gasteiger partial charge is 0.339 e. The molecule has 1 aromatic carbocycles. The summed E-state index contributed by atoms with van der Waals surface area (Å²) in [5, 5.41) is 26.4. The number of amides is 2. The third kappa shape index (κ3) is 14.8. The average Bonchev–Trinajstić information content (AvgIpc) is 3.56. The molecule has 0 spiro atoms. The van der Waals surface area contributed by atoms with E-state index in [1.54, 1.807) is 6.08 Å². The summed E-state index contributed by atoms with van der Waals surface area (Å²) in [6, 6.07) is 6.26. The molecule has 0 unspecified atom stereocenters. The van der Waals surface area contributed by atoms with Crippen LogP contribution in [0.1, 0.15) is 109 Å². The zero-order valence-electron chi connectivity index (χ0n) is 30.3. The molecule has 0 aliphatic carbocycles. The Hall–Kier alpha value is -2.99. The minimum absolute atomic E-state index is 0.156. The maximum absolute atomic E-state index is 13.6. The van der Waals surface area contributed by atoms with Crippen molar-refractivity contribution >= 4 is 17.8 Å². The molecule has 1 heterocycles. The molecule has 3 atom stereocenters. The highest BCUT2D eigenvalue weighted by Gasteiger charge is 2.47. The summed E-state index contributed by atoms with van der Waals surface area (Å²) >= 11 is 0. The summed E-state index contributed by atoms with van der Waals surface area (Å²) in [5.41, 5.74) is -1.76. The number of aliphatic hydroxyl groups is 1. The molecule has 4 N–H and O–H groups in total. The van der Waals surface area contributed by atoms with E-state index in [9.17, 15) is 24.6 Å². The third-order valence-corrected chi connectivity index (χ3v) is 9.02. The first-order chi connectivity index (χ1) is 23.6. The van der Waals surface area contributed by atoms with Crippen molar-refractivity contribution in [3.8, 4) is 5.75 Å². The topological polar surface area (TPSA) is 153 Å². The van der Waals surface area contributed by atoms with Crippen LogP contribution in [0.5, 0.6) is 5.75 Å². The van der Waals surface area contributed by atoms with Crippen LogP contribution < -0.4 is 15.4 Å². The molecule has 11 heteroatoms. The Kier molecular flexibility index (Phi) is 20.2. The van der Waals surface area contributed by atoms with Gasteiger partial charge < -0.3 is 39.8 Å². The Morgan fingerprint density at radius 2 is 1.53 bits per heavy atom. The van der Waals surface area contributed by atoms with Gasteiger partial charge in [0.1, 0.15) is 11.8 Å². The van der Waals surface area contributed by atoms with Crippen molar-refractivity contribution in [1.82, 2.24) is 10.6 Å². The number of carboxylic acid groups (broad SMARTS) is 1. The highest BCUT2D eigenvalue weighted by atomic mass is 16.7. The highest BCUT2D eigenvalue weighted by molar-refractivity contribution is 5.93. The largest absolute Gasteiger partial charge is 0.494 e. The van der Waals surface area contributed by atoms with E-state index in [0.29, 0.717) is 32.0 Å². The van der Waals surface area contributed by atoms with Crippen LogP contribution >= 0.6 is 0 Å². The summed E-state index contributed by atoms with van der Waals surface area (Å²) in [6.45, 7) is 5.59. The van der Waals surface area contributed by atoms with Crippen molar-refractivity contribution in [3.05, 3.63) is 42.0 Å². The number of carbonyl (C=O) groups excluding carboxylic acids is 2. The van der Waals surface area contributed by atoms with Gasteiger partial charge in [0.2, 0.25) is 11.8 Å². The lowest BCUT2D eigenvalue weighted by Gasteiger charge is -2.30. The van der Waals surface area contributed by atoms with E-state index in [1.807, 2.05) is 24.3 Å². The van der Waals surface area contributed by atoms with E-state index in [-0.39, 0.29) is 6.42 Å². The summed E-state index contributed by atoms with van der Waals surface area (Å²) in [6.07, 6.45) is 17.4. The number of hydrogen-bond acceptors (Lipinski definition) is 8. The van der Waals surface area contributed by atoms with Gasteiger partial charge in [0.25, 0.3) is 0 Å². The molecular weight excluding hydrogens is 628 g/mol. The Labute approximate surface area is 293 Å². The lowest BCUT2D eigenvalue weighted by Crippen LogP contribution is -2.57. The molecule has 1 saturated heterocycles. The number of unbranched alkanes of at least 4 members (excludes halogenated alkanes) is 9. The number of methoxy groups -OCH3 is 1. The first kappa shape index (κ1) is 42.2. The number of carbonyl (C=O) groups is 3. The van der Waals surface area contributed by atoms with Gasteiger partial charge in [0.05, 0.1) is 32.3 Å². The van der Waals surface area contributed by atoms with Gasteiger partial charge >= 0.3 is 5.97 Å². The number of hydrogen-bond donors (Lipinski definition) is 4. The molecule has 1 aromatic rings. The monoisotopic (exact) mass is 690 g/mol. The molecule has 2 amide bonds. The SMILES string of the molecule is CCCCCCCC1(CCCCCCC=C[C@H](C(=O)N[C@@H](Cc2ccc(OCCCC)cc2)C(=O)NC)[C@@](O)(COC)C(=O)O)OCCO1. The molecule has 0 aromatic heterocycles. The molecule has 1 aliphatic rings. The quantitative estimate of drug-likeness (QED) is 0.0671. The van der Waals surface area contributed by atoms with Gasteiger partial charge in [0, 0.05) is 33.4 Å². The maximum Gasteiger partial charge on any atom is 0.339 e. The molecule has 1 fully saturated rings. The predicted molar refractivity (Wildman–Crippen MR) is 189 cm³/mol. The van der Waals surface area contributed by atoms with E-state index >= 15 is 0 Å². The number of benzene rings is 1. The van der Waals surface area contributed by atoms with Gasteiger partial charge in [-0.25, -0.2) is 4.79 Å². The molecule has 49 heavy (non-hydrogen) atoms. The van der Waals surface area contributed by atoms with Crippen LogP contribution in [0.25, 0.3) is 0 Å². The third-order valence-electron chi connectivity index (χ3n) is 9.02. The summed E-state index contributed by atoms with van der Waals surface area (Å²) in [4.78, 5) is 38.7. The van der Waals surface area contributed by atoms with E-state index < -0.39 is 47.7 Å². The zero-order valence-corrected chi connectivity index (χ0v) is 30.3. The standard InChI is InChI=1S/C38H62N2O9/c1-5-7-9-13-16-23-37(48-26-27-49-37)24-17-14-11-10-12-15-18-32(38(45,29-46-4)36(43)44)34(41)40-33(35(42)39-3)28-30-19-21-31(22-20-30)47-25-8-6-2/h15,18-22,32-33,45H,5-14,16-17,23-29H2,1-4H3,(H,39,42)(H,40,41)(H,43,44)/t32-,33+,38+/m1/s1. The van der Waals surface area contributed by atoms with Crippen molar-refractivity contribution in [2.24, 2.45) is 5.92 Å². The van der Waals surface area contributed by atoms with Crippen molar-refractivity contribution in [3.63, 3.8) is 0 Å². The summed E-state index contributed by atoms with van der Waals surface area (Å²) in [7, 11) is 2.72. The van der Waals surface area contributed by atoms with Gasteiger partial charge in [0.15, 0.2) is 11.4 Å². The van der Waals surface area contributed by atoms with Gasteiger partial charge in [-0.05, 0) is 49.8 Å². The first-order valence-electron chi connectivity index (χ1n) is 18.3. The molecule has 278 valence electrons. The van der Waals surface area contributed by atoms with Crippen LogP contribution in [0.3, 0.4) is 0 Å². The number of rotatable bonds is 27. The van der Waals surface area contributed by atoms with Crippen LogP contribution in [0.4, 0.5) is 0 Å². The van der Waals surface area contributed by atoms with E-state index in [2.05, 4.69) is 24.5 Å². The Balaban J connectivity index is 1.99. The van der Waals surface area contributed by atoms with Crippen LogP contribution in [0.2, 0.25) is 0 Å². The van der Waals surface area contributed by atoms with Gasteiger partial charge in [-0.15, -0.1) is 0 Å². The summed E-state index contributed by atoms with van der Waals surface area (Å²) < 4.78 is 22.8. The van der Waals surface area contributed by atoms with E-state index in [4.69, 9.17) is 18.9 Å². The van der Waals surface area contributed by atoms with Gasteiger partial charge in [-0.3, -0.25) is 9.59 Å². The molecule has 11 nitrogen and oxygen atoms in total. The van der Waals surface area contributed by atoms with Crippen LogP contribution in [0, 0.1) is 5.92 Å². The summed E-state index contributed by atoms with van der Waals surface area (Å²) in [5.74, 6) is -4.07. The lowest BCUT2D eigenvalue weighted by molar-refractivity contribution is -0.173. The number of likely N-dealkylation sites (N-methyl/N-ethyl adjacent to an activating group) is 1.